The topological polar surface area (TPSA) is 60.4 Å². The summed E-state index contributed by atoms with van der Waals surface area (Å²) < 4.78 is 0. The van der Waals surface area contributed by atoms with Crippen molar-refractivity contribution in [1.29, 1.82) is 0 Å². The van der Waals surface area contributed by atoms with Gasteiger partial charge in [-0.1, -0.05) is 56.6 Å². The molecule has 27 heavy (non-hydrogen) atoms. The van der Waals surface area contributed by atoms with E-state index in [1.165, 1.54) is 22.2 Å². The van der Waals surface area contributed by atoms with Gasteiger partial charge in [-0.2, -0.15) is 0 Å². The Hall–Kier alpha value is -1.98. The molecular weight excluding hydrogens is 382 g/mol. The summed E-state index contributed by atoms with van der Waals surface area (Å²) in [5.74, 6) is -1.28. The number of amides is 1. The molecule has 142 valence electrons. The van der Waals surface area contributed by atoms with E-state index in [1.54, 1.807) is 24.3 Å². The van der Waals surface area contributed by atoms with Gasteiger partial charge in [-0.3, -0.25) is 4.79 Å². The van der Waals surface area contributed by atoms with Gasteiger partial charge in [0.15, 0.2) is 0 Å². The number of carboxylic acid groups (broad SMARTS) is 1. The van der Waals surface area contributed by atoms with Crippen LogP contribution in [0.5, 0.6) is 0 Å². The van der Waals surface area contributed by atoms with Gasteiger partial charge in [0.2, 0.25) is 0 Å². The molecule has 3 rings (SSSR count). The highest BCUT2D eigenvalue weighted by Crippen LogP contribution is 2.42. The first-order valence-electron chi connectivity index (χ1n) is 8.69. The Bertz CT molecular complexity index is 843. The minimum atomic E-state index is -1.24. The van der Waals surface area contributed by atoms with Crippen molar-refractivity contribution in [3.05, 3.63) is 70.2 Å². The Morgan fingerprint density at radius 3 is 2.19 bits per heavy atom. The van der Waals surface area contributed by atoms with Gasteiger partial charge < -0.3 is 14.8 Å². The van der Waals surface area contributed by atoms with Crippen molar-refractivity contribution < 1.29 is 14.7 Å². The highest BCUT2D eigenvalue weighted by molar-refractivity contribution is 7.99. The van der Waals surface area contributed by atoms with Gasteiger partial charge in [-0.05, 0) is 40.8 Å². The third-order valence-corrected chi connectivity index (χ3v) is 6.24. The summed E-state index contributed by atoms with van der Waals surface area (Å²) in [6.07, 6.45) is 0. The van der Waals surface area contributed by atoms with Crippen LogP contribution in [-0.2, 0) is 10.2 Å². The lowest BCUT2D eigenvalue weighted by Gasteiger charge is -2.30. The third-order valence-electron chi connectivity index (χ3n) is 4.66. The number of nitrogens with zero attached hydrogens (tertiary/aromatic N) is 1. The summed E-state index contributed by atoms with van der Waals surface area (Å²) in [5.41, 5.74) is 2.51. The van der Waals surface area contributed by atoms with Crippen LogP contribution in [0.15, 0.2) is 48.5 Å². The number of hydrogen-bond acceptors (Lipinski definition) is 4. The highest BCUT2D eigenvalue weighted by Gasteiger charge is 2.39. The predicted molar refractivity (Wildman–Crippen MR) is 107 cm³/mol. The molecule has 0 spiro atoms. The standard InChI is InChI=1S/C21H22ClNO3S/c1-21(2,3)15-8-4-14(5-9-15)19-23(17(12-27-19)20(25)26)18(24)13-6-10-16(22)11-7-13/h4-11,17,19H,12H2,1-3H3,(H,25,26)/p-1/t17-,19+/m0/s1. The van der Waals surface area contributed by atoms with Crippen LogP contribution < -0.4 is 5.11 Å². The van der Waals surface area contributed by atoms with Crippen LogP contribution in [-0.4, -0.2) is 28.6 Å². The van der Waals surface area contributed by atoms with Crippen molar-refractivity contribution in [3.8, 4) is 0 Å². The van der Waals surface area contributed by atoms with Gasteiger partial charge in [-0.25, -0.2) is 0 Å². The van der Waals surface area contributed by atoms with Crippen molar-refractivity contribution in [2.75, 3.05) is 5.75 Å². The van der Waals surface area contributed by atoms with E-state index in [-0.39, 0.29) is 16.7 Å². The molecule has 0 saturated carbocycles. The number of carboxylic acids is 1. The molecule has 0 radical (unpaired) electrons. The SMILES string of the molecule is CC(C)(C)c1ccc([C@H]2SC[C@@H](C(=O)[O-])N2C(=O)c2ccc(Cl)cc2)cc1. The lowest BCUT2D eigenvalue weighted by Crippen LogP contribution is -2.49. The monoisotopic (exact) mass is 402 g/mol. The average molecular weight is 403 g/mol. The van der Waals surface area contributed by atoms with Crippen molar-refractivity contribution in [1.82, 2.24) is 4.90 Å². The van der Waals surface area contributed by atoms with E-state index in [0.717, 1.165) is 5.56 Å². The molecule has 0 unspecified atom stereocenters. The second-order valence-electron chi connectivity index (χ2n) is 7.61. The number of hydrogen-bond donors (Lipinski definition) is 0. The van der Waals surface area contributed by atoms with E-state index in [9.17, 15) is 14.7 Å². The van der Waals surface area contributed by atoms with Crippen molar-refractivity contribution >= 4 is 35.2 Å². The molecule has 4 nitrogen and oxygen atoms in total. The van der Waals surface area contributed by atoms with Crippen LogP contribution in [0, 0.1) is 0 Å². The van der Waals surface area contributed by atoms with Gasteiger partial charge >= 0.3 is 0 Å². The van der Waals surface area contributed by atoms with Crippen LogP contribution in [0.3, 0.4) is 0 Å². The largest absolute Gasteiger partial charge is 0.548 e. The van der Waals surface area contributed by atoms with Gasteiger partial charge in [-0.15, -0.1) is 11.8 Å². The van der Waals surface area contributed by atoms with Gasteiger partial charge in [0, 0.05) is 16.3 Å². The third kappa shape index (κ3) is 4.14. The van der Waals surface area contributed by atoms with Crippen molar-refractivity contribution in [2.24, 2.45) is 0 Å². The zero-order valence-electron chi connectivity index (χ0n) is 15.4. The van der Waals surface area contributed by atoms with Crippen LogP contribution >= 0.6 is 23.4 Å². The maximum Gasteiger partial charge on any atom is 0.255 e. The first kappa shape index (κ1) is 19.8. The number of benzene rings is 2. The molecule has 0 N–H and O–H groups in total. The fourth-order valence-corrected chi connectivity index (χ4v) is 4.62. The minimum absolute atomic E-state index is 0.0215. The summed E-state index contributed by atoms with van der Waals surface area (Å²) in [6, 6.07) is 13.5. The van der Waals surface area contributed by atoms with E-state index < -0.39 is 12.0 Å². The molecule has 1 saturated heterocycles. The Labute approximate surface area is 168 Å². The van der Waals surface area contributed by atoms with E-state index in [0.29, 0.717) is 16.3 Å². The number of aliphatic carboxylic acids is 1. The second kappa shape index (κ2) is 7.56. The molecule has 1 aliphatic rings. The van der Waals surface area contributed by atoms with E-state index in [1.807, 2.05) is 24.3 Å². The Morgan fingerprint density at radius 1 is 1.07 bits per heavy atom. The molecule has 2 aromatic carbocycles. The van der Waals surface area contributed by atoms with E-state index in [2.05, 4.69) is 20.8 Å². The Morgan fingerprint density at radius 2 is 1.67 bits per heavy atom. The van der Waals surface area contributed by atoms with E-state index >= 15 is 0 Å². The number of carbonyl (C=O) groups excluding carboxylic acids is 2. The molecule has 2 atom stereocenters. The Kier molecular flexibility index (Phi) is 5.54. The minimum Gasteiger partial charge on any atom is -0.548 e. The maximum absolute atomic E-state index is 13.1. The molecule has 0 aromatic heterocycles. The normalized spacial score (nSPS) is 19.9. The number of rotatable bonds is 3. The van der Waals surface area contributed by atoms with Gasteiger partial charge in [0.05, 0.1) is 12.0 Å². The van der Waals surface area contributed by atoms with Gasteiger partial charge in [0.1, 0.15) is 5.37 Å². The maximum atomic E-state index is 13.1. The number of thioether (sulfide) groups is 1. The van der Waals surface area contributed by atoms with Gasteiger partial charge in [0.25, 0.3) is 5.91 Å². The molecule has 1 heterocycles. The second-order valence-corrected chi connectivity index (χ2v) is 9.16. The molecule has 0 aliphatic carbocycles. The summed E-state index contributed by atoms with van der Waals surface area (Å²) >= 11 is 7.34. The van der Waals surface area contributed by atoms with Crippen LogP contribution in [0.1, 0.15) is 47.6 Å². The molecule has 1 amide bonds. The van der Waals surface area contributed by atoms with Crippen LogP contribution in [0.2, 0.25) is 5.02 Å². The molecule has 0 bridgehead atoms. The molecule has 1 fully saturated rings. The summed E-state index contributed by atoms with van der Waals surface area (Å²) in [5, 5.41) is 11.8. The smallest absolute Gasteiger partial charge is 0.255 e. The van der Waals surface area contributed by atoms with Crippen molar-refractivity contribution in [2.45, 2.75) is 37.6 Å². The first-order valence-corrected chi connectivity index (χ1v) is 10.1. The number of halogens is 1. The lowest BCUT2D eigenvalue weighted by molar-refractivity contribution is -0.310. The van der Waals surface area contributed by atoms with Crippen molar-refractivity contribution in [3.63, 3.8) is 0 Å². The fourth-order valence-electron chi connectivity index (χ4n) is 3.08. The molecule has 2 aromatic rings. The highest BCUT2D eigenvalue weighted by atomic mass is 35.5. The van der Waals surface area contributed by atoms with E-state index in [4.69, 9.17) is 11.6 Å². The summed E-state index contributed by atoms with van der Waals surface area (Å²) in [4.78, 5) is 26.1. The predicted octanol–water partition coefficient (Wildman–Crippen LogP) is 3.64. The average Bonchev–Trinajstić information content (AvgIpc) is 3.06. The molecular formula is C21H21ClNO3S-. The molecule has 6 heteroatoms. The fraction of sp³-hybridized carbons (Fsp3) is 0.333. The zero-order chi connectivity index (χ0) is 19.8. The Balaban J connectivity index is 1.95. The first-order chi connectivity index (χ1) is 12.7. The zero-order valence-corrected chi connectivity index (χ0v) is 17.0. The van der Waals surface area contributed by atoms with Crippen LogP contribution in [0.4, 0.5) is 0 Å². The number of carbonyl (C=O) groups is 2. The van der Waals surface area contributed by atoms with Crippen LogP contribution in [0.25, 0.3) is 0 Å². The quantitative estimate of drug-likeness (QED) is 0.786. The summed E-state index contributed by atoms with van der Waals surface area (Å²) in [6.45, 7) is 6.40. The summed E-state index contributed by atoms with van der Waals surface area (Å²) in [7, 11) is 0. The molecule has 1 aliphatic heterocycles. The lowest BCUT2D eigenvalue weighted by atomic mass is 9.86.